The first-order valence-corrected chi connectivity index (χ1v) is 5.70. The zero-order valence-corrected chi connectivity index (χ0v) is 9.16. The van der Waals surface area contributed by atoms with Crippen LogP contribution in [0.15, 0.2) is 18.3 Å². The fraction of sp³-hybridized carbons (Fsp3) is 0.615. The Morgan fingerprint density at radius 1 is 1.36 bits per heavy atom. The lowest BCUT2D eigenvalue weighted by Gasteiger charge is -2.25. The van der Waals surface area contributed by atoms with E-state index in [1.807, 2.05) is 0 Å². The molecule has 0 bridgehead atoms. The molecule has 0 amide bonds. The van der Waals surface area contributed by atoms with Crippen LogP contribution in [0.2, 0.25) is 0 Å². The minimum Gasteiger partial charge on any atom is -0.261 e. The Hall–Kier alpha value is -0.850. The van der Waals surface area contributed by atoms with Crippen molar-refractivity contribution in [1.29, 1.82) is 0 Å². The van der Waals surface area contributed by atoms with Crippen LogP contribution in [0.1, 0.15) is 50.3 Å². The number of nitrogens with zero attached hydrogens (tertiary/aromatic N) is 1. The third-order valence-electron chi connectivity index (χ3n) is 3.04. The molecule has 1 aromatic heterocycles. The molecule has 0 radical (unpaired) electrons. The molecular weight excluding hydrogens is 170 g/mol. The molecule has 1 heterocycles. The maximum absolute atomic E-state index is 4.52. The first kappa shape index (κ1) is 9.70. The van der Waals surface area contributed by atoms with E-state index >= 15 is 0 Å². The van der Waals surface area contributed by atoms with E-state index in [1.165, 1.54) is 30.5 Å². The SMILES string of the molecule is CC(C)Cc1ccc(C2CCC2)cn1. The van der Waals surface area contributed by atoms with Crippen molar-refractivity contribution in [3.63, 3.8) is 0 Å². The largest absolute Gasteiger partial charge is 0.261 e. The van der Waals surface area contributed by atoms with Gasteiger partial charge in [0.25, 0.3) is 0 Å². The minimum absolute atomic E-state index is 0.706. The molecule has 1 saturated carbocycles. The van der Waals surface area contributed by atoms with Gasteiger partial charge in [0.1, 0.15) is 0 Å². The Labute approximate surface area is 86.6 Å². The minimum atomic E-state index is 0.706. The number of hydrogen-bond acceptors (Lipinski definition) is 1. The third kappa shape index (κ3) is 2.14. The van der Waals surface area contributed by atoms with Gasteiger partial charge in [-0.3, -0.25) is 4.98 Å². The van der Waals surface area contributed by atoms with Gasteiger partial charge in [0.2, 0.25) is 0 Å². The first-order chi connectivity index (χ1) is 6.75. The van der Waals surface area contributed by atoms with E-state index in [4.69, 9.17) is 0 Å². The van der Waals surface area contributed by atoms with Gasteiger partial charge in [-0.25, -0.2) is 0 Å². The van der Waals surface area contributed by atoms with Gasteiger partial charge in [-0.15, -0.1) is 0 Å². The van der Waals surface area contributed by atoms with Gasteiger partial charge in [0, 0.05) is 11.9 Å². The summed E-state index contributed by atoms with van der Waals surface area (Å²) in [5.41, 5.74) is 2.69. The van der Waals surface area contributed by atoms with Gasteiger partial charge >= 0.3 is 0 Å². The van der Waals surface area contributed by atoms with Crippen molar-refractivity contribution in [3.05, 3.63) is 29.6 Å². The van der Waals surface area contributed by atoms with Crippen molar-refractivity contribution in [2.24, 2.45) is 5.92 Å². The summed E-state index contributed by atoms with van der Waals surface area (Å²) in [6.07, 6.45) is 7.32. The Bertz CT molecular complexity index is 283. The van der Waals surface area contributed by atoms with Gasteiger partial charge in [-0.2, -0.15) is 0 Å². The second kappa shape index (κ2) is 4.12. The van der Waals surface area contributed by atoms with Crippen LogP contribution >= 0.6 is 0 Å². The standard InChI is InChI=1S/C13H19N/c1-10(2)8-13-7-6-12(9-14-13)11-4-3-5-11/h6-7,9-11H,3-5,8H2,1-2H3. The zero-order valence-electron chi connectivity index (χ0n) is 9.16. The highest BCUT2D eigenvalue weighted by atomic mass is 14.7. The Balaban J connectivity index is 2.02. The highest BCUT2D eigenvalue weighted by molar-refractivity contribution is 5.20. The average Bonchev–Trinajstić information content (AvgIpc) is 2.04. The van der Waals surface area contributed by atoms with Gasteiger partial charge < -0.3 is 0 Å². The molecule has 1 aliphatic carbocycles. The molecule has 1 fully saturated rings. The first-order valence-electron chi connectivity index (χ1n) is 5.70. The molecule has 2 rings (SSSR count). The summed E-state index contributed by atoms with van der Waals surface area (Å²) in [6.45, 7) is 4.48. The molecule has 0 saturated heterocycles. The van der Waals surface area contributed by atoms with Crippen LogP contribution in [0, 0.1) is 5.92 Å². The second-order valence-corrected chi connectivity index (χ2v) is 4.81. The summed E-state index contributed by atoms with van der Waals surface area (Å²) in [7, 11) is 0. The highest BCUT2D eigenvalue weighted by Crippen LogP contribution is 2.35. The van der Waals surface area contributed by atoms with Crippen molar-refractivity contribution < 1.29 is 0 Å². The van der Waals surface area contributed by atoms with Crippen LogP contribution in [0.25, 0.3) is 0 Å². The summed E-state index contributed by atoms with van der Waals surface area (Å²) in [4.78, 5) is 4.52. The van der Waals surface area contributed by atoms with Crippen LogP contribution in [-0.2, 0) is 6.42 Å². The quantitative estimate of drug-likeness (QED) is 0.708. The van der Waals surface area contributed by atoms with Crippen molar-refractivity contribution in [3.8, 4) is 0 Å². The summed E-state index contributed by atoms with van der Waals surface area (Å²) >= 11 is 0. The lowest BCUT2D eigenvalue weighted by atomic mass is 9.81. The summed E-state index contributed by atoms with van der Waals surface area (Å²) in [5, 5.41) is 0. The number of rotatable bonds is 3. The topological polar surface area (TPSA) is 12.9 Å². The van der Waals surface area contributed by atoms with E-state index in [9.17, 15) is 0 Å². The second-order valence-electron chi connectivity index (χ2n) is 4.81. The molecule has 0 unspecified atom stereocenters. The lowest BCUT2D eigenvalue weighted by molar-refractivity contribution is 0.418. The van der Waals surface area contributed by atoms with Crippen molar-refractivity contribution >= 4 is 0 Å². The fourth-order valence-electron chi connectivity index (χ4n) is 1.96. The Kier molecular flexibility index (Phi) is 2.85. The molecule has 1 aromatic rings. The molecule has 1 aliphatic rings. The van der Waals surface area contributed by atoms with E-state index in [0.717, 1.165) is 12.3 Å². The van der Waals surface area contributed by atoms with Crippen LogP contribution in [0.3, 0.4) is 0 Å². The monoisotopic (exact) mass is 189 g/mol. The number of hydrogen-bond donors (Lipinski definition) is 0. The molecule has 1 nitrogen and oxygen atoms in total. The number of pyridine rings is 1. The van der Waals surface area contributed by atoms with Gasteiger partial charge in [0.15, 0.2) is 0 Å². The van der Waals surface area contributed by atoms with Gasteiger partial charge in [-0.05, 0) is 42.7 Å². The molecule has 0 N–H and O–H groups in total. The Morgan fingerprint density at radius 2 is 2.14 bits per heavy atom. The predicted molar refractivity (Wildman–Crippen MR) is 59.4 cm³/mol. The molecule has 0 spiro atoms. The van der Waals surface area contributed by atoms with Crippen LogP contribution in [0.5, 0.6) is 0 Å². The molecule has 76 valence electrons. The van der Waals surface area contributed by atoms with Gasteiger partial charge in [-0.1, -0.05) is 26.3 Å². The smallest absolute Gasteiger partial charge is 0.0406 e. The predicted octanol–water partition coefficient (Wildman–Crippen LogP) is 3.55. The van der Waals surface area contributed by atoms with E-state index in [-0.39, 0.29) is 0 Å². The molecule has 0 aliphatic heterocycles. The third-order valence-corrected chi connectivity index (χ3v) is 3.04. The maximum Gasteiger partial charge on any atom is 0.0406 e. The maximum atomic E-state index is 4.52. The summed E-state index contributed by atoms with van der Waals surface area (Å²) in [5.74, 6) is 1.52. The summed E-state index contributed by atoms with van der Waals surface area (Å²) < 4.78 is 0. The molecule has 0 atom stereocenters. The average molecular weight is 189 g/mol. The normalized spacial score (nSPS) is 17.1. The van der Waals surface area contributed by atoms with Crippen molar-refractivity contribution in [1.82, 2.24) is 4.98 Å². The van der Waals surface area contributed by atoms with Crippen LogP contribution in [0.4, 0.5) is 0 Å². The van der Waals surface area contributed by atoms with E-state index in [2.05, 4.69) is 37.2 Å². The number of aromatic nitrogens is 1. The van der Waals surface area contributed by atoms with Crippen molar-refractivity contribution in [2.45, 2.75) is 45.4 Å². The fourth-order valence-corrected chi connectivity index (χ4v) is 1.96. The zero-order chi connectivity index (χ0) is 9.97. The molecule has 0 aromatic carbocycles. The molecule has 14 heavy (non-hydrogen) atoms. The molecule has 1 heteroatoms. The van der Waals surface area contributed by atoms with E-state index in [0.29, 0.717) is 5.92 Å². The van der Waals surface area contributed by atoms with Crippen molar-refractivity contribution in [2.75, 3.05) is 0 Å². The Morgan fingerprint density at radius 3 is 2.57 bits per heavy atom. The van der Waals surface area contributed by atoms with Crippen LogP contribution < -0.4 is 0 Å². The highest BCUT2D eigenvalue weighted by Gasteiger charge is 2.19. The lowest BCUT2D eigenvalue weighted by Crippen LogP contribution is -2.09. The molecular formula is C13H19N. The van der Waals surface area contributed by atoms with Crippen LogP contribution in [-0.4, -0.2) is 4.98 Å². The summed E-state index contributed by atoms with van der Waals surface area (Å²) in [6, 6.07) is 4.47. The van der Waals surface area contributed by atoms with E-state index < -0.39 is 0 Å². The van der Waals surface area contributed by atoms with Gasteiger partial charge in [0.05, 0.1) is 0 Å². The van der Waals surface area contributed by atoms with E-state index in [1.54, 1.807) is 0 Å².